The highest BCUT2D eigenvalue weighted by Gasteiger charge is 2.62. The number of aliphatic hydroxyl groups excluding tert-OH is 2. The molecule has 0 bridgehead atoms. The van der Waals surface area contributed by atoms with Crippen molar-refractivity contribution < 1.29 is 34.8 Å². The third kappa shape index (κ3) is 4.31. The molecular formula is C27H36O7. The Morgan fingerprint density at radius 1 is 1.12 bits per heavy atom. The van der Waals surface area contributed by atoms with Gasteiger partial charge in [0, 0.05) is 33.6 Å². The van der Waals surface area contributed by atoms with Gasteiger partial charge >= 0.3 is 5.97 Å². The molecule has 0 saturated heterocycles. The Morgan fingerprint density at radius 3 is 2.35 bits per heavy atom. The van der Waals surface area contributed by atoms with Gasteiger partial charge < -0.3 is 20.4 Å². The van der Waals surface area contributed by atoms with E-state index in [9.17, 15) is 34.8 Å². The van der Waals surface area contributed by atoms with E-state index < -0.39 is 40.6 Å². The normalized spacial score (nSPS) is 33.7. The fourth-order valence-electron chi connectivity index (χ4n) is 6.23. The number of aliphatic hydroxyl groups is 3. The van der Waals surface area contributed by atoms with Crippen molar-refractivity contribution in [2.75, 3.05) is 0 Å². The molecule has 0 aromatic carbocycles. The van der Waals surface area contributed by atoms with Crippen LogP contribution in [-0.4, -0.2) is 49.7 Å². The summed E-state index contributed by atoms with van der Waals surface area (Å²) in [5.74, 6) is -3.82. The number of aliphatic carboxylic acids is 1. The maximum atomic E-state index is 13.2. The van der Waals surface area contributed by atoms with Crippen LogP contribution in [0.4, 0.5) is 0 Å². The Hall–Kier alpha value is -2.51. The molecule has 0 radical (unpaired) electrons. The van der Waals surface area contributed by atoms with Crippen LogP contribution in [-0.2, 0) is 14.4 Å². The number of fused-ring (bicyclic) bond motifs is 1. The lowest BCUT2D eigenvalue weighted by molar-refractivity contribution is -0.135. The lowest BCUT2D eigenvalue weighted by Crippen LogP contribution is -2.53. The summed E-state index contributed by atoms with van der Waals surface area (Å²) in [5.41, 5.74) is -0.670. The Morgan fingerprint density at radius 2 is 1.76 bits per heavy atom. The van der Waals surface area contributed by atoms with Crippen LogP contribution in [0, 0.1) is 17.3 Å². The number of carboxylic acids is 1. The topological polar surface area (TPSA) is 132 Å². The molecule has 2 unspecified atom stereocenters. The van der Waals surface area contributed by atoms with E-state index in [-0.39, 0.29) is 34.0 Å². The summed E-state index contributed by atoms with van der Waals surface area (Å²) in [4.78, 5) is 37.6. The number of hydrogen-bond donors (Lipinski definition) is 4. The van der Waals surface area contributed by atoms with E-state index in [1.807, 2.05) is 26.8 Å². The van der Waals surface area contributed by atoms with Gasteiger partial charge in [-0.1, -0.05) is 24.6 Å². The number of Topliss-reactive ketones (excluding diaryl/α,β-unsaturated/α-hetero) is 2. The molecule has 3 rings (SSSR count). The molecule has 0 heterocycles. The second-order valence-corrected chi connectivity index (χ2v) is 10.7. The van der Waals surface area contributed by atoms with Gasteiger partial charge in [-0.2, -0.15) is 0 Å². The van der Waals surface area contributed by atoms with Crippen molar-refractivity contribution in [2.45, 2.75) is 84.8 Å². The minimum atomic E-state index is -1.27. The van der Waals surface area contributed by atoms with Crippen LogP contribution in [0.2, 0.25) is 0 Å². The minimum absolute atomic E-state index is 0.0408. The van der Waals surface area contributed by atoms with E-state index >= 15 is 0 Å². The average Bonchev–Trinajstić information content (AvgIpc) is 3.07. The largest absolute Gasteiger partial charge is 0.507 e. The van der Waals surface area contributed by atoms with E-state index in [0.717, 1.165) is 5.57 Å². The van der Waals surface area contributed by atoms with Crippen molar-refractivity contribution in [3.8, 4) is 0 Å². The number of ketones is 2. The van der Waals surface area contributed by atoms with Crippen LogP contribution in [0.25, 0.3) is 0 Å². The van der Waals surface area contributed by atoms with Crippen LogP contribution in [0.5, 0.6) is 0 Å². The number of carboxylic acid groups (broad SMARTS) is 1. The Kier molecular flexibility index (Phi) is 7.11. The molecule has 34 heavy (non-hydrogen) atoms. The first-order valence-electron chi connectivity index (χ1n) is 11.9. The molecule has 1 fully saturated rings. The number of rotatable bonds is 7. The standard InChI is InChI=1S/C27H36O7/c1-14(2)8-6-9-16(25(32)33)10-7-12-26(4)17-11-13-27(5,34)19(17)23(30)18-20(26)24(31)22(29)15(3)21(18)28/h8,10,17,19,23,28,30,34H,6-7,9,11-13H2,1-5H3,(H,32,33)/b16-10+/t17-,19-,23+,26?,27?/m1/s1. The van der Waals surface area contributed by atoms with Crippen LogP contribution in [0.3, 0.4) is 0 Å². The molecule has 0 aliphatic heterocycles. The predicted octanol–water partition coefficient (Wildman–Crippen LogP) is 3.96. The maximum absolute atomic E-state index is 13.2. The predicted molar refractivity (Wildman–Crippen MR) is 127 cm³/mol. The van der Waals surface area contributed by atoms with Crippen molar-refractivity contribution in [3.05, 3.63) is 45.8 Å². The zero-order chi connectivity index (χ0) is 25.6. The summed E-state index contributed by atoms with van der Waals surface area (Å²) >= 11 is 0. The van der Waals surface area contributed by atoms with Crippen LogP contribution >= 0.6 is 0 Å². The monoisotopic (exact) mass is 472 g/mol. The first-order chi connectivity index (χ1) is 15.7. The number of carbonyl (C=O) groups is 3. The molecule has 0 aromatic rings. The summed E-state index contributed by atoms with van der Waals surface area (Å²) in [6.07, 6.45) is 5.01. The molecule has 7 heteroatoms. The SMILES string of the molecule is CC(C)=CCC/C(=C\CCC1(C)C2=C(C(O)=C(C)C(=O)C2=O)[C@H](O)[C@H]2[C@H]1CCC2(C)O)C(=O)O. The van der Waals surface area contributed by atoms with E-state index in [4.69, 9.17) is 0 Å². The highest BCUT2D eigenvalue weighted by Crippen LogP contribution is 2.61. The summed E-state index contributed by atoms with van der Waals surface area (Å²) < 4.78 is 0. The molecule has 7 nitrogen and oxygen atoms in total. The van der Waals surface area contributed by atoms with Gasteiger partial charge in [-0.25, -0.2) is 4.79 Å². The highest BCUT2D eigenvalue weighted by molar-refractivity contribution is 6.50. The summed E-state index contributed by atoms with van der Waals surface area (Å²) in [6.45, 7) is 8.76. The molecule has 5 atom stereocenters. The first-order valence-corrected chi connectivity index (χ1v) is 11.9. The van der Waals surface area contributed by atoms with Gasteiger partial charge in [-0.05, 0) is 72.1 Å². The number of allylic oxidation sites excluding steroid dienone is 5. The summed E-state index contributed by atoms with van der Waals surface area (Å²) in [6, 6.07) is 0. The summed E-state index contributed by atoms with van der Waals surface area (Å²) in [5, 5.41) is 42.7. The summed E-state index contributed by atoms with van der Waals surface area (Å²) in [7, 11) is 0. The molecule has 186 valence electrons. The van der Waals surface area contributed by atoms with Gasteiger partial charge in [-0.15, -0.1) is 0 Å². The van der Waals surface area contributed by atoms with Gasteiger partial charge in [0.25, 0.3) is 0 Å². The highest BCUT2D eigenvalue weighted by atomic mass is 16.4. The molecule has 0 aromatic heterocycles. The molecular weight excluding hydrogens is 436 g/mol. The molecule has 1 saturated carbocycles. The van der Waals surface area contributed by atoms with Gasteiger partial charge in [-0.3, -0.25) is 9.59 Å². The van der Waals surface area contributed by atoms with Crippen LogP contribution < -0.4 is 0 Å². The zero-order valence-electron chi connectivity index (χ0n) is 20.6. The maximum Gasteiger partial charge on any atom is 0.331 e. The third-order valence-electron chi connectivity index (χ3n) is 8.09. The van der Waals surface area contributed by atoms with E-state index in [0.29, 0.717) is 38.5 Å². The van der Waals surface area contributed by atoms with Gasteiger partial charge in [0.05, 0.1) is 11.7 Å². The molecule has 4 N–H and O–H groups in total. The van der Waals surface area contributed by atoms with Crippen molar-refractivity contribution >= 4 is 17.5 Å². The smallest absolute Gasteiger partial charge is 0.331 e. The molecule has 0 amide bonds. The van der Waals surface area contributed by atoms with E-state index in [2.05, 4.69) is 0 Å². The fraction of sp³-hybridized carbons (Fsp3) is 0.593. The van der Waals surface area contributed by atoms with Crippen molar-refractivity contribution in [2.24, 2.45) is 17.3 Å². The Labute approximate surface area is 200 Å². The number of hydrogen-bond acceptors (Lipinski definition) is 6. The van der Waals surface area contributed by atoms with E-state index in [1.165, 1.54) is 6.92 Å². The molecule has 3 aliphatic carbocycles. The Balaban J connectivity index is 2.03. The van der Waals surface area contributed by atoms with E-state index in [1.54, 1.807) is 13.0 Å². The van der Waals surface area contributed by atoms with Gasteiger partial charge in [0.1, 0.15) is 5.76 Å². The second kappa shape index (κ2) is 9.27. The minimum Gasteiger partial charge on any atom is -0.507 e. The average molecular weight is 473 g/mol. The lowest BCUT2D eigenvalue weighted by Gasteiger charge is -2.50. The quantitative estimate of drug-likeness (QED) is 0.191. The van der Waals surface area contributed by atoms with Crippen molar-refractivity contribution in [3.63, 3.8) is 0 Å². The van der Waals surface area contributed by atoms with Gasteiger partial charge in [0.15, 0.2) is 0 Å². The van der Waals surface area contributed by atoms with Crippen molar-refractivity contribution in [1.29, 1.82) is 0 Å². The van der Waals surface area contributed by atoms with Crippen molar-refractivity contribution in [1.82, 2.24) is 0 Å². The molecule has 3 aliphatic rings. The first kappa shape index (κ1) is 26.1. The van der Waals surface area contributed by atoms with Crippen LogP contribution in [0.15, 0.2) is 45.8 Å². The second-order valence-electron chi connectivity index (χ2n) is 10.7. The number of carbonyl (C=O) groups excluding carboxylic acids is 2. The lowest BCUT2D eigenvalue weighted by atomic mass is 9.54. The fourth-order valence-corrected chi connectivity index (χ4v) is 6.23. The van der Waals surface area contributed by atoms with Gasteiger partial charge in [0.2, 0.25) is 11.6 Å². The third-order valence-corrected chi connectivity index (χ3v) is 8.09. The van der Waals surface area contributed by atoms with Crippen LogP contribution in [0.1, 0.15) is 73.1 Å². The Bertz CT molecular complexity index is 1040. The zero-order valence-corrected chi connectivity index (χ0v) is 20.6. The molecule has 0 spiro atoms.